The lowest BCUT2D eigenvalue weighted by atomic mass is 9.70. The third-order valence-electron chi connectivity index (χ3n) is 8.26. The first-order chi connectivity index (χ1) is 18.2. The van der Waals surface area contributed by atoms with Crippen LogP contribution in [0.5, 0.6) is 0 Å². The van der Waals surface area contributed by atoms with Crippen molar-refractivity contribution in [2.45, 2.75) is 76.7 Å². The van der Waals surface area contributed by atoms with Gasteiger partial charge in [0.15, 0.2) is 0 Å². The second-order valence-electron chi connectivity index (χ2n) is 10.8. The predicted octanol–water partition coefficient (Wildman–Crippen LogP) is 3.48. The Bertz CT molecular complexity index is 1100. The third kappa shape index (κ3) is 4.69. The van der Waals surface area contributed by atoms with Gasteiger partial charge in [-0.25, -0.2) is 0 Å². The highest BCUT2D eigenvalue weighted by atomic mass is 16.6. The number of benzene rings is 1. The van der Waals surface area contributed by atoms with Crippen LogP contribution in [0.4, 0.5) is 5.69 Å². The van der Waals surface area contributed by atoms with E-state index in [-0.39, 0.29) is 31.6 Å². The van der Waals surface area contributed by atoms with Crippen molar-refractivity contribution < 1.29 is 29.0 Å². The Hall–Kier alpha value is -2.97. The summed E-state index contributed by atoms with van der Waals surface area (Å²) in [4.78, 5) is 44.8. The van der Waals surface area contributed by atoms with Crippen LogP contribution in [0.15, 0.2) is 43.5 Å². The van der Waals surface area contributed by atoms with Crippen molar-refractivity contribution in [2.75, 3.05) is 24.7 Å². The van der Waals surface area contributed by atoms with Crippen LogP contribution in [0.25, 0.3) is 0 Å². The van der Waals surface area contributed by atoms with Crippen LogP contribution in [-0.4, -0.2) is 71.3 Å². The van der Waals surface area contributed by atoms with Crippen LogP contribution in [0, 0.1) is 25.7 Å². The Morgan fingerprint density at radius 2 is 2.05 bits per heavy atom. The van der Waals surface area contributed by atoms with Crippen molar-refractivity contribution in [3.8, 4) is 0 Å². The molecular weight excluding hydrogens is 484 g/mol. The van der Waals surface area contributed by atoms with Gasteiger partial charge in [-0.1, -0.05) is 24.3 Å². The number of nitrogens with zero attached hydrogens (tertiary/aromatic N) is 2. The van der Waals surface area contributed by atoms with E-state index < -0.39 is 41.6 Å². The van der Waals surface area contributed by atoms with Gasteiger partial charge in [-0.3, -0.25) is 14.4 Å². The number of esters is 1. The zero-order valence-electron chi connectivity index (χ0n) is 22.7. The molecule has 0 aromatic heterocycles. The number of fused-ring (bicyclic) bond motifs is 1. The Morgan fingerprint density at radius 3 is 2.74 bits per heavy atom. The molecule has 0 saturated carbocycles. The highest BCUT2D eigenvalue weighted by molar-refractivity contribution is 6.05. The first-order valence-corrected chi connectivity index (χ1v) is 13.6. The number of likely N-dealkylation sites (tertiary alicyclic amines) is 1. The molecule has 0 aliphatic carbocycles. The largest absolute Gasteiger partial charge is 0.465 e. The molecule has 3 aliphatic rings. The molecule has 2 amide bonds. The molecule has 8 heteroatoms. The molecular formula is C30H40N2O6. The van der Waals surface area contributed by atoms with E-state index >= 15 is 0 Å². The number of allylic oxidation sites excluding steroid dienone is 1. The quantitative estimate of drug-likeness (QED) is 0.256. The highest BCUT2D eigenvalue weighted by Gasteiger charge is 2.75. The summed E-state index contributed by atoms with van der Waals surface area (Å²) in [6.45, 7) is 13.4. The van der Waals surface area contributed by atoms with Gasteiger partial charge in [-0.15, -0.1) is 13.2 Å². The molecule has 1 aromatic rings. The average Bonchev–Trinajstić information content (AvgIpc) is 3.55. The molecule has 0 radical (unpaired) electrons. The van der Waals surface area contributed by atoms with Gasteiger partial charge >= 0.3 is 5.97 Å². The minimum Gasteiger partial charge on any atom is -0.465 e. The van der Waals surface area contributed by atoms with Crippen LogP contribution < -0.4 is 4.90 Å². The van der Waals surface area contributed by atoms with Gasteiger partial charge in [-0.2, -0.15) is 0 Å². The maximum atomic E-state index is 14.4. The summed E-state index contributed by atoms with van der Waals surface area (Å²) < 4.78 is 12.1. The molecule has 4 rings (SSSR count). The second-order valence-corrected chi connectivity index (χ2v) is 10.8. The lowest BCUT2D eigenvalue weighted by molar-refractivity contribution is -0.155. The SMILES string of the molecule is C=CCCCCOC(=O)[C@@H]1[C@@H]2CCC3(O2)C(C(=O)N(CC=C)c2cc(C)ccc2C)N([C@H](C)CO)C(=O)[C@H]13. The van der Waals surface area contributed by atoms with E-state index in [2.05, 4.69) is 13.2 Å². The number of hydrogen-bond donors (Lipinski definition) is 1. The maximum absolute atomic E-state index is 14.4. The summed E-state index contributed by atoms with van der Waals surface area (Å²) in [5.41, 5.74) is 1.51. The molecule has 6 atom stereocenters. The second kappa shape index (κ2) is 11.4. The third-order valence-corrected chi connectivity index (χ3v) is 8.26. The fraction of sp³-hybridized carbons (Fsp3) is 0.567. The fourth-order valence-electron chi connectivity index (χ4n) is 6.45. The molecule has 3 fully saturated rings. The lowest BCUT2D eigenvalue weighted by Gasteiger charge is -2.38. The van der Waals surface area contributed by atoms with E-state index in [0.717, 1.165) is 29.7 Å². The van der Waals surface area contributed by atoms with Crippen molar-refractivity contribution >= 4 is 23.5 Å². The number of rotatable bonds is 12. The minimum absolute atomic E-state index is 0.246. The van der Waals surface area contributed by atoms with E-state index in [1.54, 1.807) is 17.9 Å². The number of hydrogen-bond acceptors (Lipinski definition) is 6. The number of unbranched alkanes of at least 4 members (excludes halogenated alkanes) is 2. The van der Waals surface area contributed by atoms with Crippen LogP contribution >= 0.6 is 0 Å². The van der Waals surface area contributed by atoms with E-state index in [9.17, 15) is 19.5 Å². The van der Waals surface area contributed by atoms with Gasteiger partial charge < -0.3 is 24.4 Å². The summed E-state index contributed by atoms with van der Waals surface area (Å²) in [5, 5.41) is 10.1. The highest BCUT2D eigenvalue weighted by Crippen LogP contribution is 2.59. The fourth-order valence-corrected chi connectivity index (χ4v) is 6.45. The number of carbonyl (C=O) groups excluding carboxylic acids is 3. The van der Waals surface area contributed by atoms with Crippen molar-refractivity contribution in [1.29, 1.82) is 0 Å². The average molecular weight is 525 g/mol. The van der Waals surface area contributed by atoms with E-state index in [1.807, 2.05) is 38.1 Å². The van der Waals surface area contributed by atoms with Crippen molar-refractivity contribution in [2.24, 2.45) is 11.8 Å². The molecule has 38 heavy (non-hydrogen) atoms. The molecule has 8 nitrogen and oxygen atoms in total. The van der Waals surface area contributed by atoms with Gasteiger partial charge in [0.25, 0.3) is 5.91 Å². The Morgan fingerprint density at radius 1 is 1.29 bits per heavy atom. The summed E-state index contributed by atoms with van der Waals surface area (Å²) in [6.07, 6.45) is 6.48. The summed E-state index contributed by atoms with van der Waals surface area (Å²) in [7, 11) is 0. The van der Waals surface area contributed by atoms with Gasteiger partial charge in [0, 0.05) is 12.2 Å². The number of anilines is 1. The predicted molar refractivity (Wildman–Crippen MR) is 144 cm³/mol. The smallest absolute Gasteiger partial charge is 0.312 e. The molecule has 1 aromatic carbocycles. The van der Waals surface area contributed by atoms with E-state index in [0.29, 0.717) is 19.3 Å². The van der Waals surface area contributed by atoms with Gasteiger partial charge in [0.2, 0.25) is 5.91 Å². The molecule has 206 valence electrons. The number of carbonyl (C=O) groups is 3. The zero-order valence-corrected chi connectivity index (χ0v) is 22.7. The number of aliphatic hydroxyl groups excluding tert-OH is 1. The molecule has 3 aliphatic heterocycles. The molecule has 2 bridgehead atoms. The summed E-state index contributed by atoms with van der Waals surface area (Å²) in [6, 6.07) is 4.29. The maximum Gasteiger partial charge on any atom is 0.312 e. The Kier molecular flexibility index (Phi) is 8.43. The molecule has 3 saturated heterocycles. The number of aryl methyl sites for hydroxylation is 2. The van der Waals surface area contributed by atoms with Gasteiger partial charge in [-0.05, 0) is 70.1 Å². The lowest BCUT2D eigenvalue weighted by Crippen LogP contribution is -2.58. The minimum atomic E-state index is -1.15. The van der Waals surface area contributed by atoms with Crippen molar-refractivity contribution in [3.05, 3.63) is 54.6 Å². The van der Waals surface area contributed by atoms with Crippen LogP contribution in [0.3, 0.4) is 0 Å². The first kappa shape index (κ1) is 28.0. The molecule has 1 spiro atoms. The normalized spacial score (nSPS) is 28.2. The molecule has 1 N–H and O–H groups in total. The Labute approximate surface area is 225 Å². The summed E-state index contributed by atoms with van der Waals surface area (Å²) in [5.74, 6) is -2.67. The van der Waals surface area contributed by atoms with E-state index in [1.165, 1.54) is 4.90 Å². The van der Waals surface area contributed by atoms with Gasteiger partial charge in [0.1, 0.15) is 11.6 Å². The zero-order chi connectivity index (χ0) is 27.6. The number of ether oxygens (including phenoxy) is 2. The molecule has 3 heterocycles. The van der Waals surface area contributed by atoms with Crippen molar-refractivity contribution in [3.63, 3.8) is 0 Å². The van der Waals surface area contributed by atoms with Crippen LogP contribution in [0.2, 0.25) is 0 Å². The van der Waals surface area contributed by atoms with Crippen LogP contribution in [-0.2, 0) is 23.9 Å². The topological polar surface area (TPSA) is 96.4 Å². The first-order valence-electron chi connectivity index (χ1n) is 13.6. The standard InChI is InChI=1S/C30H40N2O6/c1-6-8-9-10-16-37-29(36)24-23-13-14-30(38-23)25(24)27(34)32(21(5)18-33)26(30)28(35)31(15-7-2)22-17-19(3)11-12-20(22)4/h6-7,11-12,17,21,23-26,33H,1-2,8-10,13-16,18H2,3-5H3/t21-,23+,24-,25+,26?,30?/m1/s1. The van der Waals surface area contributed by atoms with E-state index in [4.69, 9.17) is 9.47 Å². The van der Waals surface area contributed by atoms with Crippen LogP contribution in [0.1, 0.15) is 50.2 Å². The monoisotopic (exact) mass is 524 g/mol. The van der Waals surface area contributed by atoms with Gasteiger partial charge in [0.05, 0.1) is 37.2 Å². The summed E-state index contributed by atoms with van der Waals surface area (Å²) >= 11 is 0. The van der Waals surface area contributed by atoms with Crippen molar-refractivity contribution in [1.82, 2.24) is 4.90 Å². The number of aliphatic hydroxyl groups is 1. The molecule has 2 unspecified atom stereocenters. The number of amides is 2. The Balaban J connectivity index is 1.69.